The lowest BCUT2D eigenvalue weighted by Gasteiger charge is -2.33. The summed E-state index contributed by atoms with van der Waals surface area (Å²) in [5.41, 5.74) is 3.50. The molecule has 2 aromatic carbocycles. The molecule has 0 atom stereocenters. The predicted molar refractivity (Wildman–Crippen MR) is 129 cm³/mol. The Morgan fingerprint density at radius 3 is 2.63 bits per heavy atom. The summed E-state index contributed by atoms with van der Waals surface area (Å²) >= 11 is 0. The largest absolute Gasteiger partial charge is 0.354 e. The molecule has 0 amide bonds. The minimum atomic E-state index is -0.378. The van der Waals surface area contributed by atoms with Crippen molar-refractivity contribution in [1.82, 2.24) is 15.5 Å². The van der Waals surface area contributed by atoms with Gasteiger partial charge in [0, 0.05) is 44.8 Å². The Balaban J connectivity index is 0.00000320. The maximum Gasteiger partial charge on any atom is 0.191 e. The lowest BCUT2D eigenvalue weighted by molar-refractivity contribution is 0.198. The first-order valence-electron chi connectivity index (χ1n) is 10.0. The van der Waals surface area contributed by atoms with Gasteiger partial charge in [-0.2, -0.15) is 5.26 Å². The van der Waals surface area contributed by atoms with Crippen molar-refractivity contribution in [1.29, 1.82) is 5.26 Å². The minimum Gasteiger partial charge on any atom is -0.354 e. The normalized spacial score (nSPS) is 15.2. The molecule has 1 saturated heterocycles. The first-order valence-corrected chi connectivity index (χ1v) is 10.0. The Labute approximate surface area is 195 Å². The summed E-state index contributed by atoms with van der Waals surface area (Å²) in [5.74, 6) is 0.294. The lowest BCUT2D eigenvalue weighted by Crippen LogP contribution is -2.48. The Morgan fingerprint density at radius 1 is 1.23 bits per heavy atom. The van der Waals surface area contributed by atoms with Gasteiger partial charge < -0.3 is 10.6 Å². The number of hydrogen-bond donors (Lipinski definition) is 2. The van der Waals surface area contributed by atoms with E-state index in [1.54, 1.807) is 19.2 Å². The van der Waals surface area contributed by atoms with Crippen LogP contribution in [0, 0.1) is 24.1 Å². The van der Waals surface area contributed by atoms with Gasteiger partial charge >= 0.3 is 0 Å². The van der Waals surface area contributed by atoms with Gasteiger partial charge in [-0.05, 0) is 37.5 Å². The molecule has 0 saturated carbocycles. The zero-order valence-electron chi connectivity index (χ0n) is 17.5. The van der Waals surface area contributed by atoms with Crippen LogP contribution in [0.4, 0.5) is 4.39 Å². The zero-order chi connectivity index (χ0) is 20.6. The summed E-state index contributed by atoms with van der Waals surface area (Å²) in [4.78, 5) is 6.74. The molecule has 0 radical (unpaired) electrons. The van der Waals surface area contributed by atoms with E-state index in [-0.39, 0.29) is 29.8 Å². The van der Waals surface area contributed by atoms with E-state index in [1.807, 2.05) is 6.07 Å². The van der Waals surface area contributed by atoms with Crippen LogP contribution >= 0.6 is 24.0 Å². The lowest BCUT2D eigenvalue weighted by atomic mass is 10.0. The molecule has 1 aliphatic heterocycles. The summed E-state index contributed by atoms with van der Waals surface area (Å²) in [5, 5.41) is 15.5. The average Bonchev–Trinajstić information content (AvgIpc) is 2.73. The van der Waals surface area contributed by atoms with Gasteiger partial charge in [-0.15, -0.1) is 24.0 Å². The van der Waals surface area contributed by atoms with Crippen LogP contribution < -0.4 is 10.6 Å². The third kappa shape index (κ3) is 6.96. The van der Waals surface area contributed by atoms with Gasteiger partial charge in [0.1, 0.15) is 5.82 Å². The van der Waals surface area contributed by atoms with Crippen molar-refractivity contribution in [3.8, 4) is 6.07 Å². The quantitative estimate of drug-likeness (QED) is 0.356. The molecule has 3 rings (SSSR count). The van der Waals surface area contributed by atoms with E-state index in [2.05, 4.69) is 51.7 Å². The fourth-order valence-electron chi connectivity index (χ4n) is 3.63. The van der Waals surface area contributed by atoms with Crippen molar-refractivity contribution in [3.63, 3.8) is 0 Å². The van der Waals surface area contributed by atoms with Crippen molar-refractivity contribution < 1.29 is 4.39 Å². The monoisotopic (exact) mass is 521 g/mol. The highest BCUT2D eigenvalue weighted by Gasteiger charge is 2.20. The number of aliphatic imine (C=N–C) groups is 1. The second kappa shape index (κ2) is 11.9. The van der Waals surface area contributed by atoms with Gasteiger partial charge in [0.05, 0.1) is 11.6 Å². The van der Waals surface area contributed by atoms with Crippen molar-refractivity contribution >= 4 is 29.9 Å². The van der Waals surface area contributed by atoms with Crippen LogP contribution in [0.5, 0.6) is 0 Å². The molecule has 160 valence electrons. The summed E-state index contributed by atoms with van der Waals surface area (Å²) in [6.07, 6.45) is 2.08. The Morgan fingerprint density at radius 2 is 2.00 bits per heavy atom. The Bertz CT molecular complexity index is 901. The molecule has 1 heterocycles. The number of guanidine groups is 1. The molecule has 5 nitrogen and oxygen atoms in total. The molecule has 0 spiro atoms. The molecule has 1 aliphatic rings. The van der Waals surface area contributed by atoms with E-state index >= 15 is 0 Å². The van der Waals surface area contributed by atoms with Crippen LogP contribution in [0.2, 0.25) is 0 Å². The highest BCUT2D eigenvalue weighted by atomic mass is 127. The van der Waals surface area contributed by atoms with Crippen LogP contribution in [0.3, 0.4) is 0 Å². The maximum absolute atomic E-state index is 14.0. The summed E-state index contributed by atoms with van der Waals surface area (Å²) in [6, 6.07) is 15.5. The number of likely N-dealkylation sites (tertiary alicyclic amines) is 1. The van der Waals surface area contributed by atoms with Gasteiger partial charge in [-0.3, -0.25) is 9.89 Å². The zero-order valence-corrected chi connectivity index (χ0v) is 19.8. The molecule has 2 aromatic rings. The van der Waals surface area contributed by atoms with Crippen molar-refractivity contribution in [2.75, 3.05) is 20.1 Å². The van der Waals surface area contributed by atoms with Crippen LogP contribution in [-0.2, 0) is 13.1 Å². The van der Waals surface area contributed by atoms with Gasteiger partial charge in [-0.25, -0.2) is 4.39 Å². The highest BCUT2D eigenvalue weighted by molar-refractivity contribution is 14.0. The van der Waals surface area contributed by atoms with Crippen LogP contribution in [-0.4, -0.2) is 37.0 Å². The molecule has 7 heteroatoms. The molecule has 1 fully saturated rings. The number of piperidine rings is 1. The first-order chi connectivity index (χ1) is 14.1. The Hall–Kier alpha value is -2.18. The number of halogens is 2. The van der Waals surface area contributed by atoms with Gasteiger partial charge in [0.25, 0.3) is 0 Å². The van der Waals surface area contributed by atoms with Gasteiger partial charge in [0.15, 0.2) is 5.96 Å². The van der Waals surface area contributed by atoms with Crippen LogP contribution in [0.25, 0.3) is 0 Å². The molecular weight excluding hydrogens is 492 g/mol. The molecule has 0 aromatic heterocycles. The van der Waals surface area contributed by atoms with E-state index < -0.39 is 0 Å². The van der Waals surface area contributed by atoms with Crippen molar-refractivity contribution in [2.45, 2.75) is 38.9 Å². The van der Waals surface area contributed by atoms with Crippen LogP contribution in [0.15, 0.2) is 47.5 Å². The molecule has 0 bridgehead atoms. The number of nitrogens with zero attached hydrogens (tertiary/aromatic N) is 3. The SMILES string of the molecule is CN=C(NCc1ccc(C#N)cc1F)NC1CCN(Cc2cccc(C)c2)CC1.I. The van der Waals surface area contributed by atoms with Crippen molar-refractivity contribution in [2.24, 2.45) is 4.99 Å². The summed E-state index contributed by atoms with van der Waals surface area (Å²) < 4.78 is 14.0. The minimum absolute atomic E-state index is 0. The number of nitriles is 1. The number of rotatable bonds is 5. The fraction of sp³-hybridized carbons (Fsp3) is 0.391. The fourth-order valence-corrected chi connectivity index (χ4v) is 3.63. The number of benzene rings is 2. The third-order valence-corrected chi connectivity index (χ3v) is 5.27. The second-order valence-corrected chi connectivity index (χ2v) is 7.53. The van der Waals surface area contributed by atoms with E-state index in [9.17, 15) is 4.39 Å². The van der Waals surface area contributed by atoms with E-state index in [0.717, 1.165) is 32.5 Å². The first kappa shape index (κ1) is 24.1. The molecule has 0 unspecified atom stereocenters. The molecule has 2 N–H and O–H groups in total. The maximum atomic E-state index is 14.0. The number of aryl methyl sites for hydroxylation is 1. The van der Waals surface area contributed by atoms with Crippen LogP contribution in [0.1, 0.15) is 35.1 Å². The molecule has 30 heavy (non-hydrogen) atoms. The van der Waals surface area contributed by atoms with E-state index in [4.69, 9.17) is 5.26 Å². The van der Waals surface area contributed by atoms with E-state index in [0.29, 0.717) is 29.7 Å². The van der Waals surface area contributed by atoms with E-state index in [1.165, 1.54) is 17.2 Å². The van der Waals surface area contributed by atoms with Gasteiger partial charge in [-0.1, -0.05) is 35.9 Å². The summed E-state index contributed by atoms with van der Waals surface area (Å²) in [7, 11) is 1.72. The third-order valence-electron chi connectivity index (χ3n) is 5.27. The number of nitrogens with one attached hydrogen (secondary N) is 2. The molecular formula is C23H29FIN5. The van der Waals surface area contributed by atoms with Crippen molar-refractivity contribution in [3.05, 3.63) is 70.5 Å². The average molecular weight is 521 g/mol. The predicted octanol–water partition coefficient (Wildman–Crippen LogP) is 3.95. The topological polar surface area (TPSA) is 63.5 Å². The number of hydrogen-bond acceptors (Lipinski definition) is 3. The molecule has 0 aliphatic carbocycles. The summed E-state index contributed by atoms with van der Waals surface area (Å²) in [6.45, 7) is 5.50. The second-order valence-electron chi connectivity index (χ2n) is 7.53. The highest BCUT2D eigenvalue weighted by Crippen LogP contribution is 2.15. The smallest absolute Gasteiger partial charge is 0.191 e. The van der Waals surface area contributed by atoms with Gasteiger partial charge in [0.2, 0.25) is 0 Å². The standard InChI is InChI=1S/C23H28FN5.HI/c1-17-4-3-5-19(12-17)16-29-10-8-21(9-11-29)28-23(26-2)27-15-20-7-6-18(14-25)13-22(20)24;/h3-7,12-13,21H,8-11,15-16H2,1-2H3,(H2,26,27,28);1H. The Kier molecular flexibility index (Phi) is 9.53.